The summed E-state index contributed by atoms with van der Waals surface area (Å²) in [5.41, 5.74) is 2.31. The maximum atomic E-state index is 14.3. The molecule has 0 saturated heterocycles. The van der Waals surface area contributed by atoms with Crippen molar-refractivity contribution in [2.75, 3.05) is 0 Å². The molecule has 154 valence electrons. The van der Waals surface area contributed by atoms with Crippen LogP contribution in [0.25, 0.3) is 17.2 Å². The molecule has 9 heteroatoms. The van der Waals surface area contributed by atoms with E-state index >= 15 is 0 Å². The van der Waals surface area contributed by atoms with E-state index in [1.807, 2.05) is 12.1 Å². The maximum absolute atomic E-state index is 14.3. The molecule has 3 heterocycles. The molecular weight excluding hydrogens is 400 g/mol. The smallest absolute Gasteiger partial charge is 0.220 e. The normalized spacial score (nSPS) is 17.9. The topological polar surface area (TPSA) is 82.3 Å². The van der Waals surface area contributed by atoms with Gasteiger partial charge in [0.25, 0.3) is 5.95 Å². The Morgan fingerprint density at radius 1 is 1.06 bits per heavy atom. The van der Waals surface area contributed by atoms with Gasteiger partial charge in [0.2, 0.25) is 0 Å². The maximum Gasteiger partial charge on any atom is 0.252 e. The molecule has 7 nitrogen and oxygen atoms in total. The first kappa shape index (κ1) is 19.1. The second-order valence-electron chi connectivity index (χ2n) is 7.27. The predicted molar refractivity (Wildman–Crippen MR) is 108 cm³/mol. The Morgan fingerprint density at radius 3 is 2.65 bits per heavy atom. The molecular formula is C22H17F2N7. The Bertz CT molecular complexity index is 1240. The number of nitrogens with zero attached hydrogens (tertiary/aromatic N) is 7. The first-order chi connectivity index (χ1) is 15.2. The summed E-state index contributed by atoms with van der Waals surface area (Å²) in [6.07, 6.45) is 8.29. The van der Waals surface area contributed by atoms with E-state index in [1.54, 1.807) is 24.7 Å². The van der Waals surface area contributed by atoms with Crippen LogP contribution in [0.4, 0.5) is 8.78 Å². The van der Waals surface area contributed by atoms with Crippen molar-refractivity contribution in [3.63, 3.8) is 0 Å². The highest BCUT2D eigenvalue weighted by Gasteiger charge is 2.31. The first-order valence-corrected chi connectivity index (χ1v) is 9.80. The molecule has 0 spiro atoms. The zero-order chi connectivity index (χ0) is 21.4. The molecule has 0 amide bonds. The molecule has 1 aromatic carbocycles. The molecule has 0 N–H and O–H groups in total. The molecule has 0 fully saturated rings. The number of hydrogen-bond donors (Lipinski definition) is 0. The van der Waals surface area contributed by atoms with Crippen LogP contribution in [0.2, 0.25) is 0 Å². The molecule has 3 aromatic heterocycles. The van der Waals surface area contributed by atoms with Gasteiger partial charge in [0.1, 0.15) is 11.6 Å². The number of hydrogen-bond acceptors (Lipinski definition) is 6. The second-order valence-corrected chi connectivity index (χ2v) is 7.27. The summed E-state index contributed by atoms with van der Waals surface area (Å²) in [7, 11) is 0. The standard InChI is InChI=1S/C22H17F2N7/c1-2-13-6-7-14(18-8-9-25-22(27-18)31-11-10-26-30-31)21-15(13)12-19(28-29-21)20-16(23)4-3-5-17(20)24/h2-5,8-14H,1,6-7H2/t13-,14?/m0/s1. The molecule has 0 aliphatic heterocycles. The van der Waals surface area contributed by atoms with Crippen molar-refractivity contribution in [2.45, 2.75) is 24.7 Å². The Morgan fingerprint density at radius 2 is 1.90 bits per heavy atom. The largest absolute Gasteiger partial charge is 0.252 e. The molecule has 0 bridgehead atoms. The first-order valence-electron chi connectivity index (χ1n) is 9.80. The summed E-state index contributed by atoms with van der Waals surface area (Å²) >= 11 is 0. The van der Waals surface area contributed by atoms with Crippen LogP contribution in [-0.2, 0) is 0 Å². The fraction of sp³-hybridized carbons (Fsp3) is 0.182. The van der Waals surface area contributed by atoms with Gasteiger partial charge < -0.3 is 0 Å². The monoisotopic (exact) mass is 417 g/mol. The van der Waals surface area contributed by atoms with Gasteiger partial charge in [-0.25, -0.2) is 18.7 Å². The van der Waals surface area contributed by atoms with E-state index in [-0.39, 0.29) is 23.1 Å². The third-order valence-electron chi connectivity index (χ3n) is 5.50. The summed E-state index contributed by atoms with van der Waals surface area (Å²) in [5, 5.41) is 16.3. The quantitative estimate of drug-likeness (QED) is 0.467. The van der Waals surface area contributed by atoms with Gasteiger partial charge in [-0.1, -0.05) is 17.4 Å². The third-order valence-corrected chi connectivity index (χ3v) is 5.50. The zero-order valence-electron chi connectivity index (χ0n) is 16.4. The van der Waals surface area contributed by atoms with Crippen LogP contribution >= 0.6 is 0 Å². The lowest BCUT2D eigenvalue weighted by atomic mass is 9.78. The van der Waals surface area contributed by atoms with Gasteiger partial charge in [-0.2, -0.15) is 9.78 Å². The van der Waals surface area contributed by atoms with Crippen molar-refractivity contribution in [2.24, 2.45) is 0 Å². The van der Waals surface area contributed by atoms with Gasteiger partial charge >= 0.3 is 0 Å². The molecule has 1 aliphatic carbocycles. The van der Waals surface area contributed by atoms with Crippen molar-refractivity contribution < 1.29 is 8.78 Å². The summed E-state index contributed by atoms with van der Waals surface area (Å²) in [6.45, 7) is 3.93. The van der Waals surface area contributed by atoms with Crippen LogP contribution in [0.1, 0.15) is 41.6 Å². The van der Waals surface area contributed by atoms with Crippen LogP contribution in [0.5, 0.6) is 0 Å². The minimum Gasteiger partial charge on any atom is -0.220 e. The van der Waals surface area contributed by atoms with E-state index in [2.05, 4.69) is 37.1 Å². The van der Waals surface area contributed by atoms with Crippen LogP contribution in [0.15, 0.2) is 61.6 Å². The Hall–Kier alpha value is -3.88. The van der Waals surface area contributed by atoms with Crippen molar-refractivity contribution in [3.8, 4) is 17.2 Å². The number of halogens is 2. The minimum absolute atomic E-state index is 0.00644. The number of aromatic nitrogens is 7. The number of rotatable bonds is 4. The highest BCUT2D eigenvalue weighted by atomic mass is 19.1. The van der Waals surface area contributed by atoms with Crippen LogP contribution in [-0.4, -0.2) is 35.2 Å². The van der Waals surface area contributed by atoms with Gasteiger partial charge in [0.05, 0.1) is 35.0 Å². The lowest BCUT2D eigenvalue weighted by molar-refractivity contribution is 0.541. The fourth-order valence-electron chi connectivity index (χ4n) is 4.00. The van der Waals surface area contributed by atoms with Crippen molar-refractivity contribution >= 4 is 0 Å². The molecule has 2 atom stereocenters. The Labute approximate surface area is 176 Å². The average molecular weight is 417 g/mol. The summed E-state index contributed by atoms with van der Waals surface area (Å²) in [4.78, 5) is 8.88. The average Bonchev–Trinajstić information content (AvgIpc) is 3.33. The fourth-order valence-corrected chi connectivity index (χ4v) is 4.00. The van der Waals surface area contributed by atoms with Crippen LogP contribution < -0.4 is 0 Å². The lowest BCUT2D eigenvalue weighted by Gasteiger charge is -2.28. The van der Waals surface area contributed by atoms with Gasteiger partial charge in [0, 0.05) is 18.0 Å². The predicted octanol–water partition coefficient (Wildman–Crippen LogP) is 3.99. The molecule has 0 radical (unpaired) electrons. The highest BCUT2D eigenvalue weighted by molar-refractivity contribution is 5.62. The van der Waals surface area contributed by atoms with Crippen molar-refractivity contribution in [1.82, 2.24) is 35.2 Å². The summed E-state index contributed by atoms with van der Waals surface area (Å²) in [5.74, 6) is -1.08. The number of benzene rings is 1. The summed E-state index contributed by atoms with van der Waals surface area (Å²) < 4.78 is 30.1. The summed E-state index contributed by atoms with van der Waals surface area (Å²) in [6, 6.07) is 7.28. The van der Waals surface area contributed by atoms with Crippen molar-refractivity contribution in [1.29, 1.82) is 0 Å². The van der Waals surface area contributed by atoms with Gasteiger partial charge in [-0.15, -0.1) is 16.8 Å². The molecule has 31 heavy (non-hydrogen) atoms. The van der Waals surface area contributed by atoms with E-state index in [4.69, 9.17) is 0 Å². The van der Waals surface area contributed by atoms with Crippen molar-refractivity contribution in [3.05, 3.63) is 90.2 Å². The zero-order valence-corrected chi connectivity index (χ0v) is 16.4. The van der Waals surface area contributed by atoms with Gasteiger partial charge in [0.15, 0.2) is 0 Å². The highest BCUT2D eigenvalue weighted by Crippen LogP contribution is 2.42. The molecule has 0 saturated carbocycles. The third kappa shape index (κ3) is 3.37. The van der Waals surface area contributed by atoms with E-state index in [0.717, 1.165) is 29.8 Å². The van der Waals surface area contributed by atoms with Crippen LogP contribution in [0, 0.1) is 11.6 Å². The second kappa shape index (κ2) is 7.75. The van der Waals surface area contributed by atoms with E-state index in [9.17, 15) is 8.78 Å². The number of fused-ring (bicyclic) bond motifs is 1. The SMILES string of the molecule is C=C[C@H]1CCC(c2ccnc(-n3ccnn3)n2)c2nnc(-c3c(F)cccc3F)cc21. The molecule has 1 aliphatic rings. The van der Waals surface area contributed by atoms with E-state index < -0.39 is 11.6 Å². The molecule has 5 rings (SSSR count). The van der Waals surface area contributed by atoms with E-state index in [0.29, 0.717) is 5.95 Å². The van der Waals surface area contributed by atoms with Gasteiger partial charge in [-0.05, 0) is 42.7 Å². The Kier molecular flexibility index (Phi) is 4.78. The lowest BCUT2D eigenvalue weighted by Crippen LogP contribution is -2.19. The van der Waals surface area contributed by atoms with Crippen LogP contribution in [0.3, 0.4) is 0 Å². The molecule has 1 unspecified atom stereocenters. The minimum atomic E-state index is -0.676. The number of allylic oxidation sites excluding steroid dienone is 1. The van der Waals surface area contributed by atoms with Gasteiger partial charge in [-0.3, -0.25) is 0 Å². The van der Waals surface area contributed by atoms with E-state index in [1.165, 1.54) is 22.9 Å². The Balaban J connectivity index is 1.60. The molecule has 4 aromatic rings.